The molecule has 0 aliphatic heterocycles. The van der Waals surface area contributed by atoms with Crippen LogP contribution in [0.25, 0.3) is 0 Å². The number of aliphatic hydroxyl groups excluding tert-OH is 1. The van der Waals surface area contributed by atoms with Gasteiger partial charge in [0.1, 0.15) is 10.0 Å². The molecule has 28 heavy (non-hydrogen) atoms. The highest BCUT2D eigenvalue weighted by Gasteiger charge is 2.35. The first-order valence-electron chi connectivity index (χ1n) is 9.72. The van der Waals surface area contributed by atoms with E-state index in [0.717, 1.165) is 37.7 Å². The van der Waals surface area contributed by atoms with Crippen molar-refractivity contribution in [3.63, 3.8) is 0 Å². The number of hydrogen-bond donors (Lipinski definition) is 1. The molecule has 0 saturated heterocycles. The van der Waals surface area contributed by atoms with Gasteiger partial charge in [0.2, 0.25) is 10.0 Å². The molecular weight excluding hydrogens is 398 g/mol. The highest BCUT2D eigenvalue weighted by atomic mass is 35.5. The minimum Gasteiger partial charge on any atom is -0.393 e. The van der Waals surface area contributed by atoms with E-state index in [1.807, 2.05) is 30.3 Å². The molecule has 0 radical (unpaired) electrons. The van der Waals surface area contributed by atoms with Crippen LogP contribution in [0.15, 0.2) is 35.2 Å². The molecule has 1 fully saturated rings. The van der Waals surface area contributed by atoms with Crippen molar-refractivity contribution in [1.82, 2.24) is 14.1 Å². The summed E-state index contributed by atoms with van der Waals surface area (Å²) in [4.78, 5) is 0.0516. The van der Waals surface area contributed by atoms with Crippen LogP contribution >= 0.6 is 11.6 Å². The van der Waals surface area contributed by atoms with Crippen LogP contribution < -0.4 is 0 Å². The Labute approximate surface area is 172 Å². The Morgan fingerprint density at radius 1 is 1.21 bits per heavy atom. The lowest BCUT2D eigenvalue weighted by molar-refractivity contribution is 0.0880. The van der Waals surface area contributed by atoms with Crippen molar-refractivity contribution in [2.75, 3.05) is 6.54 Å². The first-order valence-corrected chi connectivity index (χ1v) is 11.5. The summed E-state index contributed by atoms with van der Waals surface area (Å²) in [6.07, 6.45) is 4.12. The lowest BCUT2D eigenvalue weighted by Crippen LogP contribution is -2.38. The van der Waals surface area contributed by atoms with Gasteiger partial charge in [-0.2, -0.15) is 9.40 Å². The van der Waals surface area contributed by atoms with Crippen LogP contribution in [-0.4, -0.2) is 40.3 Å². The zero-order chi connectivity index (χ0) is 20.3. The first-order chi connectivity index (χ1) is 13.3. The molecule has 1 heterocycles. The van der Waals surface area contributed by atoms with Crippen LogP contribution in [0.5, 0.6) is 0 Å². The number of aromatic nitrogens is 2. The van der Waals surface area contributed by atoms with Gasteiger partial charge < -0.3 is 5.11 Å². The molecule has 1 aromatic carbocycles. The van der Waals surface area contributed by atoms with Gasteiger partial charge in [0, 0.05) is 20.1 Å². The van der Waals surface area contributed by atoms with Gasteiger partial charge in [0.15, 0.2) is 0 Å². The Bertz CT molecular complexity index is 899. The molecule has 0 spiro atoms. The molecule has 154 valence electrons. The van der Waals surface area contributed by atoms with E-state index in [0.29, 0.717) is 5.69 Å². The number of aryl methyl sites for hydroxylation is 2. The van der Waals surface area contributed by atoms with E-state index in [9.17, 15) is 13.5 Å². The van der Waals surface area contributed by atoms with Gasteiger partial charge in [-0.1, -0.05) is 61.2 Å². The quantitative estimate of drug-likeness (QED) is 0.718. The number of aliphatic hydroxyl groups is 1. The Morgan fingerprint density at radius 2 is 1.89 bits per heavy atom. The van der Waals surface area contributed by atoms with Crippen LogP contribution in [0.1, 0.15) is 43.4 Å². The molecule has 1 aliphatic rings. The van der Waals surface area contributed by atoms with Crippen molar-refractivity contribution in [2.45, 2.75) is 56.6 Å². The van der Waals surface area contributed by atoms with E-state index >= 15 is 0 Å². The minimum absolute atomic E-state index is 0.0516. The van der Waals surface area contributed by atoms with E-state index in [-0.39, 0.29) is 29.1 Å². The molecular formula is C20H28ClN3O3S. The standard InChI is InChI=1S/C20H28ClN3O3S/c1-15-19(20(21)23(2)22-15)28(26,27)24(13-16-9-5-3-6-10-16)14-17-11-7-4-8-12-18(17)25/h3,5-6,9-10,17-18,25H,4,7-8,11-14H2,1-2H3. The van der Waals surface area contributed by atoms with Crippen molar-refractivity contribution < 1.29 is 13.5 Å². The van der Waals surface area contributed by atoms with Crippen molar-refractivity contribution in [2.24, 2.45) is 13.0 Å². The zero-order valence-corrected chi connectivity index (χ0v) is 18.0. The second kappa shape index (κ2) is 8.95. The molecule has 1 saturated carbocycles. The summed E-state index contributed by atoms with van der Waals surface area (Å²) in [5.41, 5.74) is 1.28. The number of sulfonamides is 1. The average Bonchev–Trinajstić information content (AvgIpc) is 2.80. The molecule has 1 N–H and O–H groups in total. The van der Waals surface area contributed by atoms with Gasteiger partial charge >= 0.3 is 0 Å². The van der Waals surface area contributed by atoms with Gasteiger partial charge in [-0.15, -0.1) is 0 Å². The lowest BCUT2D eigenvalue weighted by Gasteiger charge is -2.29. The van der Waals surface area contributed by atoms with Crippen LogP contribution in [0.3, 0.4) is 0 Å². The molecule has 0 bridgehead atoms. The van der Waals surface area contributed by atoms with Crippen LogP contribution in [-0.2, 0) is 23.6 Å². The molecule has 3 rings (SSSR count). The number of benzene rings is 1. The summed E-state index contributed by atoms with van der Waals surface area (Å²) < 4.78 is 30.0. The maximum atomic E-state index is 13.6. The van der Waals surface area contributed by atoms with Crippen molar-refractivity contribution >= 4 is 21.6 Å². The fourth-order valence-electron chi connectivity index (χ4n) is 3.91. The second-order valence-electron chi connectivity index (χ2n) is 7.58. The maximum absolute atomic E-state index is 13.6. The molecule has 2 aromatic rings. The third-order valence-corrected chi connectivity index (χ3v) is 7.97. The number of halogens is 1. The lowest BCUT2D eigenvalue weighted by atomic mass is 9.97. The van der Waals surface area contributed by atoms with Gasteiger partial charge in [-0.3, -0.25) is 4.68 Å². The van der Waals surface area contributed by atoms with Crippen molar-refractivity contribution in [3.8, 4) is 0 Å². The molecule has 2 atom stereocenters. The monoisotopic (exact) mass is 425 g/mol. The third-order valence-electron chi connectivity index (χ3n) is 5.46. The summed E-state index contributed by atoms with van der Waals surface area (Å²) in [5.74, 6) is -0.0864. The van der Waals surface area contributed by atoms with Crippen LogP contribution in [0, 0.1) is 12.8 Å². The topological polar surface area (TPSA) is 75.4 Å². The fourth-order valence-corrected chi connectivity index (χ4v) is 6.10. The highest BCUT2D eigenvalue weighted by Crippen LogP contribution is 2.31. The normalized spacial score (nSPS) is 21.0. The van der Waals surface area contributed by atoms with Gasteiger partial charge in [-0.25, -0.2) is 8.42 Å². The minimum atomic E-state index is -3.87. The van der Waals surface area contributed by atoms with Gasteiger partial charge in [0.05, 0.1) is 11.8 Å². The predicted molar refractivity (Wildman–Crippen MR) is 110 cm³/mol. The number of rotatable bonds is 6. The molecule has 1 aliphatic carbocycles. The van der Waals surface area contributed by atoms with Crippen molar-refractivity contribution in [3.05, 3.63) is 46.7 Å². The summed E-state index contributed by atoms with van der Waals surface area (Å²) in [6.45, 7) is 2.15. The second-order valence-corrected chi connectivity index (χ2v) is 9.81. The Hall–Kier alpha value is -1.41. The summed E-state index contributed by atoms with van der Waals surface area (Å²) >= 11 is 6.29. The van der Waals surface area contributed by atoms with E-state index in [4.69, 9.17) is 11.6 Å². The smallest absolute Gasteiger partial charge is 0.248 e. The first kappa shape index (κ1) is 21.3. The predicted octanol–water partition coefficient (Wildman–Crippen LogP) is 3.51. The summed E-state index contributed by atoms with van der Waals surface area (Å²) in [5, 5.41) is 14.8. The fraction of sp³-hybridized carbons (Fsp3) is 0.550. The molecule has 0 amide bonds. The van der Waals surface area contributed by atoms with E-state index in [1.54, 1.807) is 14.0 Å². The van der Waals surface area contributed by atoms with Crippen molar-refractivity contribution in [1.29, 1.82) is 0 Å². The molecule has 2 unspecified atom stereocenters. The molecule has 1 aromatic heterocycles. The maximum Gasteiger partial charge on any atom is 0.248 e. The Morgan fingerprint density at radius 3 is 2.54 bits per heavy atom. The zero-order valence-electron chi connectivity index (χ0n) is 16.4. The summed E-state index contributed by atoms with van der Waals surface area (Å²) in [6, 6.07) is 9.50. The SMILES string of the molecule is Cc1nn(C)c(Cl)c1S(=O)(=O)N(Cc1ccccc1)CC1CCCCCC1O. The van der Waals surface area contributed by atoms with E-state index < -0.39 is 16.1 Å². The molecule has 8 heteroatoms. The van der Waals surface area contributed by atoms with Crippen LogP contribution in [0.2, 0.25) is 5.15 Å². The van der Waals surface area contributed by atoms with Gasteiger partial charge in [0.25, 0.3) is 0 Å². The average molecular weight is 426 g/mol. The highest BCUT2D eigenvalue weighted by molar-refractivity contribution is 7.89. The largest absolute Gasteiger partial charge is 0.393 e. The molecule has 6 nitrogen and oxygen atoms in total. The Kier molecular flexibility index (Phi) is 6.81. The van der Waals surface area contributed by atoms with Gasteiger partial charge in [-0.05, 0) is 31.2 Å². The van der Waals surface area contributed by atoms with Crippen LogP contribution in [0.4, 0.5) is 0 Å². The Balaban J connectivity index is 1.97. The third kappa shape index (κ3) is 4.59. The summed E-state index contributed by atoms with van der Waals surface area (Å²) in [7, 11) is -2.24. The number of nitrogens with zero attached hydrogens (tertiary/aromatic N) is 3. The van der Waals surface area contributed by atoms with E-state index in [1.165, 1.54) is 8.99 Å². The van der Waals surface area contributed by atoms with E-state index in [2.05, 4.69) is 5.10 Å². The number of hydrogen-bond acceptors (Lipinski definition) is 4.